The van der Waals surface area contributed by atoms with E-state index in [1.165, 1.54) is 0 Å². The lowest BCUT2D eigenvalue weighted by molar-refractivity contribution is -0.259. The number of epoxide rings is 1. The van der Waals surface area contributed by atoms with Gasteiger partial charge in [0, 0.05) is 11.0 Å². The van der Waals surface area contributed by atoms with E-state index in [1.54, 1.807) is 13.8 Å². The van der Waals surface area contributed by atoms with Gasteiger partial charge in [0.05, 0.1) is 5.38 Å². The van der Waals surface area contributed by atoms with Crippen LogP contribution in [0.1, 0.15) is 46.5 Å². The molecular formula is C20H27ClO6. The van der Waals surface area contributed by atoms with Gasteiger partial charge in [-0.2, -0.15) is 0 Å². The van der Waals surface area contributed by atoms with E-state index in [0.29, 0.717) is 25.9 Å². The lowest BCUT2D eigenvalue weighted by Crippen LogP contribution is -2.78. The van der Waals surface area contributed by atoms with Crippen molar-refractivity contribution in [3.05, 3.63) is 11.1 Å². The van der Waals surface area contributed by atoms with E-state index < -0.39 is 39.8 Å². The summed E-state index contributed by atoms with van der Waals surface area (Å²) in [5.74, 6) is -0.528. The van der Waals surface area contributed by atoms with Gasteiger partial charge in [0.15, 0.2) is 0 Å². The minimum absolute atomic E-state index is 0.0410. The minimum atomic E-state index is -1.63. The Morgan fingerprint density at radius 1 is 1.26 bits per heavy atom. The van der Waals surface area contributed by atoms with Crippen molar-refractivity contribution in [2.45, 2.75) is 80.8 Å². The summed E-state index contributed by atoms with van der Waals surface area (Å²) in [6.45, 7) is 5.97. The van der Waals surface area contributed by atoms with Crippen LogP contribution in [0.15, 0.2) is 11.1 Å². The Hall–Kier alpha value is -0.660. The number of aliphatic hydroxyl groups is 3. The van der Waals surface area contributed by atoms with Crippen molar-refractivity contribution >= 4 is 17.6 Å². The lowest BCUT2D eigenvalue weighted by Gasteiger charge is -2.62. The number of ether oxygens (including phenoxy) is 2. The Labute approximate surface area is 163 Å². The zero-order valence-electron chi connectivity index (χ0n) is 15.9. The van der Waals surface area contributed by atoms with Gasteiger partial charge in [-0.25, -0.2) is 4.79 Å². The molecule has 3 N–H and O–H groups in total. The van der Waals surface area contributed by atoms with Crippen LogP contribution in [-0.2, 0) is 14.3 Å². The van der Waals surface area contributed by atoms with Gasteiger partial charge in [0.25, 0.3) is 0 Å². The average Bonchev–Trinajstić information content (AvgIpc) is 3.29. The maximum atomic E-state index is 12.0. The van der Waals surface area contributed by atoms with Crippen LogP contribution in [0.25, 0.3) is 0 Å². The normalized spacial score (nSPS) is 56.2. The Morgan fingerprint density at radius 3 is 2.63 bits per heavy atom. The molecule has 5 rings (SSSR count). The fourth-order valence-electron chi connectivity index (χ4n) is 6.94. The first-order valence-corrected chi connectivity index (χ1v) is 10.3. The summed E-state index contributed by atoms with van der Waals surface area (Å²) in [7, 11) is 0. The number of rotatable bonds is 1. The molecule has 0 radical (unpaired) electrons. The molecule has 2 heterocycles. The molecule has 150 valence electrons. The average molecular weight is 399 g/mol. The zero-order chi connectivity index (χ0) is 19.6. The number of alkyl halides is 1. The number of carbonyl (C=O) groups excluding carboxylic acids is 1. The van der Waals surface area contributed by atoms with Crippen molar-refractivity contribution in [2.24, 2.45) is 17.3 Å². The molecule has 6 nitrogen and oxygen atoms in total. The van der Waals surface area contributed by atoms with Crippen LogP contribution in [0, 0.1) is 17.3 Å². The molecule has 0 aromatic heterocycles. The van der Waals surface area contributed by atoms with Gasteiger partial charge in [0.1, 0.15) is 35.6 Å². The number of cyclic esters (lactones) is 1. The second-order valence-corrected chi connectivity index (χ2v) is 10.1. The van der Waals surface area contributed by atoms with Gasteiger partial charge in [-0.05, 0) is 43.1 Å². The first-order chi connectivity index (χ1) is 12.6. The van der Waals surface area contributed by atoms with E-state index >= 15 is 0 Å². The summed E-state index contributed by atoms with van der Waals surface area (Å²) >= 11 is 6.67. The van der Waals surface area contributed by atoms with Gasteiger partial charge in [-0.1, -0.05) is 20.8 Å². The molecule has 8 atom stereocenters. The van der Waals surface area contributed by atoms with Crippen molar-refractivity contribution in [3.8, 4) is 0 Å². The van der Waals surface area contributed by atoms with Gasteiger partial charge >= 0.3 is 5.97 Å². The molecule has 0 bridgehead atoms. The number of carbonyl (C=O) groups is 1. The van der Waals surface area contributed by atoms with E-state index in [-0.39, 0.29) is 24.2 Å². The fraction of sp³-hybridized carbons (Fsp3) is 0.850. The summed E-state index contributed by atoms with van der Waals surface area (Å²) in [6, 6.07) is 0. The highest BCUT2D eigenvalue weighted by atomic mass is 35.5. The quantitative estimate of drug-likeness (QED) is 0.349. The predicted octanol–water partition coefficient (Wildman–Crippen LogP) is 1.29. The molecule has 2 aliphatic heterocycles. The standard InChI is InChI=1S/C20H27ClO6/c1-9(2)19(25)13(21)14-20(27-14)17(3)6-4-10-11(8-26-15(10)22)12(17)5-7-18(20,24)16(19)23/h9,12-14,16,23-25H,4-8H2,1-3H3/t12-,13+,14-,16-,17-,18+,19-,20+/m0/s1. The van der Waals surface area contributed by atoms with Crippen molar-refractivity contribution in [1.82, 2.24) is 0 Å². The highest BCUT2D eigenvalue weighted by Crippen LogP contribution is 2.74. The topological polar surface area (TPSA) is 99.5 Å². The number of halogens is 1. The molecule has 3 aliphatic carbocycles. The summed E-state index contributed by atoms with van der Waals surface area (Å²) in [4.78, 5) is 12.0. The highest BCUT2D eigenvalue weighted by molar-refractivity contribution is 6.22. The van der Waals surface area contributed by atoms with Crippen LogP contribution < -0.4 is 0 Å². The lowest BCUT2D eigenvalue weighted by atomic mass is 9.44. The maximum Gasteiger partial charge on any atom is 0.334 e. The van der Waals surface area contributed by atoms with Gasteiger partial charge in [-0.3, -0.25) is 0 Å². The largest absolute Gasteiger partial charge is 0.458 e. The SMILES string of the molecule is CC(C)[C@]1(O)[C@H](Cl)[C@@H]2O[C@@]23[C@@]2(C)CCC4=C(COC4=O)[C@@H]2CC[C@@]3(O)[C@@H]1O. The molecule has 5 aliphatic rings. The molecule has 0 aromatic carbocycles. The highest BCUT2D eigenvalue weighted by Gasteiger charge is 2.88. The molecule has 1 spiro atoms. The number of fused-ring (bicyclic) bond motifs is 2. The van der Waals surface area contributed by atoms with Crippen LogP contribution in [-0.4, -0.2) is 62.3 Å². The number of esters is 1. The van der Waals surface area contributed by atoms with Gasteiger partial charge in [0.2, 0.25) is 0 Å². The molecule has 7 heteroatoms. The molecule has 0 aromatic rings. The summed E-state index contributed by atoms with van der Waals surface area (Å²) in [5.41, 5.74) is -2.91. The second-order valence-electron chi connectivity index (χ2n) is 9.63. The predicted molar refractivity (Wildman–Crippen MR) is 96.0 cm³/mol. The summed E-state index contributed by atoms with van der Waals surface area (Å²) in [5, 5.41) is 33.4. The smallest absolute Gasteiger partial charge is 0.334 e. The molecular weight excluding hydrogens is 372 g/mol. The summed E-state index contributed by atoms with van der Waals surface area (Å²) < 4.78 is 11.5. The van der Waals surface area contributed by atoms with Gasteiger partial charge in [-0.15, -0.1) is 11.6 Å². The molecule has 0 unspecified atom stereocenters. The van der Waals surface area contributed by atoms with Crippen LogP contribution in [0.3, 0.4) is 0 Å². The Kier molecular flexibility index (Phi) is 3.46. The minimum Gasteiger partial charge on any atom is -0.458 e. The van der Waals surface area contributed by atoms with Crippen molar-refractivity contribution < 1.29 is 29.6 Å². The second kappa shape index (κ2) is 5.08. The monoisotopic (exact) mass is 398 g/mol. The van der Waals surface area contributed by atoms with E-state index in [0.717, 1.165) is 11.1 Å². The zero-order valence-corrected chi connectivity index (χ0v) is 16.6. The van der Waals surface area contributed by atoms with Gasteiger partial charge < -0.3 is 24.8 Å². The van der Waals surface area contributed by atoms with E-state index in [2.05, 4.69) is 6.92 Å². The van der Waals surface area contributed by atoms with E-state index in [4.69, 9.17) is 21.1 Å². The van der Waals surface area contributed by atoms with Crippen molar-refractivity contribution in [3.63, 3.8) is 0 Å². The molecule has 0 amide bonds. The molecule has 1 saturated heterocycles. The van der Waals surface area contributed by atoms with Crippen LogP contribution in [0.2, 0.25) is 0 Å². The number of hydrogen-bond acceptors (Lipinski definition) is 6. The number of hydrogen-bond donors (Lipinski definition) is 3. The van der Waals surface area contributed by atoms with Crippen LogP contribution in [0.4, 0.5) is 0 Å². The third-order valence-corrected chi connectivity index (χ3v) is 9.14. The molecule has 3 fully saturated rings. The summed E-state index contributed by atoms with van der Waals surface area (Å²) in [6.07, 6.45) is 0.189. The molecule has 27 heavy (non-hydrogen) atoms. The van der Waals surface area contributed by atoms with E-state index in [9.17, 15) is 20.1 Å². The van der Waals surface area contributed by atoms with Crippen LogP contribution >= 0.6 is 11.6 Å². The molecule has 2 saturated carbocycles. The third-order valence-electron chi connectivity index (χ3n) is 8.56. The first-order valence-electron chi connectivity index (χ1n) is 9.89. The Balaban J connectivity index is 1.63. The Morgan fingerprint density at radius 2 is 1.96 bits per heavy atom. The van der Waals surface area contributed by atoms with Crippen LogP contribution in [0.5, 0.6) is 0 Å². The maximum absolute atomic E-state index is 12.0. The Bertz CT molecular complexity index is 766. The fourth-order valence-corrected chi connectivity index (χ4v) is 7.54. The first kappa shape index (κ1) is 18.4. The van der Waals surface area contributed by atoms with Crippen molar-refractivity contribution in [1.29, 1.82) is 0 Å². The number of aliphatic hydroxyl groups excluding tert-OH is 1. The third kappa shape index (κ3) is 1.73. The van der Waals surface area contributed by atoms with E-state index in [1.807, 2.05) is 0 Å². The van der Waals surface area contributed by atoms with Crippen molar-refractivity contribution in [2.75, 3.05) is 6.61 Å².